The van der Waals surface area contributed by atoms with Crippen LogP contribution in [0.15, 0.2) is 47.6 Å². The molecule has 0 fully saturated rings. The minimum atomic E-state index is -0.719. The van der Waals surface area contributed by atoms with Gasteiger partial charge in [-0.2, -0.15) is 0 Å². The van der Waals surface area contributed by atoms with Crippen molar-refractivity contribution in [3.8, 4) is 0 Å². The third kappa shape index (κ3) is 4.82. The van der Waals surface area contributed by atoms with Crippen molar-refractivity contribution in [3.05, 3.63) is 71.0 Å². The van der Waals surface area contributed by atoms with Gasteiger partial charge in [-0.3, -0.25) is 0 Å². The molecule has 3 rings (SSSR count). The number of carbonyl (C=O) groups is 1. The first-order chi connectivity index (χ1) is 13.5. The summed E-state index contributed by atoms with van der Waals surface area (Å²) in [6.07, 6.45) is -0.225. The number of amides is 2. The van der Waals surface area contributed by atoms with Crippen LogP contribution in [0.2, 0.25) is 0 Å². The van der Waals surface area contributed by atoms with Gasteiger partial charge in [0.25, 0.3) is 0 Å². The monoisotopic (exact) mass is 391 g/mol. The van der Waals surface area contributed by atoms with Crippen LogP contribution in [0.3, 0.4) is 0 Å². The lowest BCUT2D eigenvalue weighted by Gasteiger charge is -2.25. The second-order valence-corrected chi connectivity index (χ2v) is 6.44. The van der Waals surface area contributed by atoms with Crippen LogP contribution >= 0.6 is 0 Å². The third-order valence-electron chi connectivity index (χ3n) is 4.28. The maximum absolute atomic E-state index is 14.0. The molecule has 0 saturated heterocycles. The maximum atomic E-state index is 14.0. The van der Waals surface area contributed by atoms with Gasteiger partial charge in [-0.1, -0.05) is 17.3 Å². The van der Waals surface area contributed by atoms with E-state index in [1.807, 2.05) is 0 Å². The van der Waals surface area contributed by atoms with Crippen molar-refractivity contribution in [3.63, 3.8) is 0 Å². The number of hydrogen-bond donors (Lipinski definition) is 1. The number of rotatable bonds is 6. The van der Waals surface area contributed by atoms with Gasteiger partial charge < -0.3 is 15.1 Å². The molecule has 5 nitrogen and oxygen atoms in total. The summed E-state index contributed by atoms with van der Waals surface area (Å²) < 4.78 is 40.5. The van der Waals surface area contributed by atoms with E-state index >= 15 is 0 Å². The lowest BCUT2D eigenvalue weighted by molar-refractivity contribution is 0.0590. The molecule has 0 radical (unpaired) electrons. The Hall–Kier alpha value is -3.03. The van der Waals surface area contributed by atoms with Gasteiger partial charge in [0.15, 0.2) is 6.10 Å². The van der Waals surface area contributed by atoms with Crippen molar-refractivity contribution in [2.45, 2.75) is 26.0 Å². The van der Waals surface area contributed by atoms with Gasteiger partial charge in [0, 0.05) is 31.1 Å². The highest BCUT2D eigenvalue weighted by atomic mass is 19.1. The largest absolute Gasteiger partial charge is 0.390 e. The number of halogens is 3. The highest BCUT2D eigenvalue weighted by Gasteiger charge is 2.28. The predicted octanol–water partition coefficient (Wildman–Crippen LogP) is 3.83. The molecule has 8 heteroatoms. The van der Waals surface area contributed by atoms with Gasteiger partial charge in [0.2, 0.25) is 0 Å². The van der Waals surface area contributed by atoms with Crippen LogP contribution in [0, 0.1) is 17.5 Å². The van der Waals surface area contributed by atoms with Crippen LogP contribution in [0.5, 0.6) is 0 Å². The zero-order chi connectivity index (χ0) is 20.1. The number of hydrogen-bond acceptors (Lipinski definition) is 3. The number of carbonyl (C=O) groups excluding carboxylic acids is 1. The molecule has 28 heavy (non-hydrogen) atoms. The Bertz CT molecular complexity index is 889. The van der Waals surface area contributed by atoms with Crippen molar-refractivity contribution in [1.82, 2.24) is 10.2 Å². The summed E-state index contributed by atoms with van der Waals surface area (Å²) in [6, 6.07) is 8.91. The first kappa shape index (κ1) is 19.7. The zero-order valence-electron chi connectivity index (χ0n) is 15.3. The summed E-state index contributed by atoms with van der Waals surface area (Å²) >= 11 is 0. The molecule has 0 saturated carbocycles. The van der Waals surface area contributed by atoms with Gasteiger partial charge in [-0.05, 0) is 36.8 Å². The van der Waals surface area contributed by atoms with Crippen LogP contribution in [0.4, 0.5) is 18.0 Å². The first-order valence-electron chi connectivity index (χ1n) is 8.91. The van der Waals surface area contributed by atoms with Crippen molar-refractivity contribution in [1.29, 1.82) is 0 Å². The smallest absolute Gasteiger partial charge is 0.317 e. The Morgan fingerprint density at radius 1 is 1.21 bits per heavy atom. The molecule has 0 aliphatic carbocycles. The molecule has 0 aromatic heterocycles. The average molecular weight is 391 g/mol. The number of urea groups is 1. The highest BCUT2D eigenvalue weighted by molar-refractivity contribution is 6.01. The van der Waals surface area contributed by atoms with Gasteiger partial charge >= 0.3 is 6.03 Å². The van der Waals surface area contributed by atoms with E-state index in [-0.39, 0.29) is 36.9 Å². The molecule has 2 aromatic rings. The second-order valence-electron chi connectivity index (χ2n) is 6.44. The Morgan fingerprint density at radius 2 is 2.00 bits per heavy atom. The summed E-state index contributed by atoms with van der Waals surface area (Å²) in [6.45, 7) is 2.59. The van der Waals surface area contributed by atoms with E-state index in [0.29, 0.717) is 17.8 Å². The van der Waals surface area contributed by atoms with E-state index in [1.165, 1.54) is 23.1 Å². The molecule has 148 valence electrons. The fourth-order valence-electron chi connectivity index (χ4n) is 2.99. The van der Waals surface area contributed by atoms with Crippen LogP contribution in [-0.4, -0.2) is 35.8 Å². The third-order valence-corrected chi connectivity index (χ3v) is 4.28. The van der Waals surface area contributed by atoms with E-state index in [1.54, 1.807) is 19.1 Å². The molecule has 1 aliphatic heterocycles. The quantitative estimate of drug-likeness (QED) is 0.814. The van der Waals surface area contributed by atoms with Gasteiger partial charge in [-0.15, -0.1) is 0 Å². The van der Waals surface area contributed by atoms with E-state index < -0.39 is 17.7 Å². The van der Waals surface area contributed by atoms with Crippen LogP contribution in [-0.2, 0) is 11.4 Å². The molecule has 0 spiro atoms. The van der Waals surface area contributed by atoms with Gasteiger partial charge in [0.05, 0.1) is 12.3 Å². The van der Waals surface area contributed by atoms with Gasteiger partial charge in [-0.25, -0.2) is 18.0 Å². The molecule has 0 bridgehead atoms. The minimum absolute atomic E-state index is 0.165. The molecule has 1 aliphatic rings. The summed E-state index contributed by atoms with van der Waals surface area (Å²) in [4.78, 5) is 19.2. The zero-order valence-corrected chi connectivity index (χ0v) is 15.3. The maximum Gasteiger partial charge on any atom is 0.317 e. The predicted molar refractivity (Wildman–Crippen MR) is 98.3 cm³/mol. The minimum Gasteiger partial charge on any atom is -0.390 e. The average Bonchev–Trinajstić information content (AvgIpc) is 3.09. The molecular weight excluding hydrogens is 371 g/mol. The summed E-state index contributed by atoms with van der Waals surface area (Å²) in [5, 5.41) is 6.60. The topological polar surface area (TPSA) is 53.9 Å². The van der Waals surface area contributed by atoms with E-state index in [4.69, 9.17) is 4.84 Å². The molecule has 1 N–H and O–H groups in total. The van der Waals surface area contributed by atoms with Crippen LogP contribution in [0.1, 0.15) is 24.5 Å². The Kier molecular flexibility index (Phi) is 6.18. The number of nitrogens with zero attached hydrogens (tertiary/aromatic N) is 2. The standard InChI is InChI=1S/C20H20F3N3O2/c1-2-24-20(27)26(11-13-4-3-5-14(21)8-13)12-16-10-19(25-28-16)17-7-6-15(22)9-18(17)23/h3-9,16H,2,10-12H2,1H3,(H,24,27)/t16-/m1/s1. The summed E-state index contributed by atoms with van der Waals surface area (Å²) in [5.74, 6) is -1.78. The lowest BCUT2D eigenvalue weighted by atomic mass is 10.0. The van der Waals surface area contributed by atoms with Crippen molar-refractivity contribution < 1.29 is 22.8 Å². The molecule has 2 aromatic carbocycles. The molecule has 1 heterocycles. The molecule has 1 atom stereocenters. The first-order valence-corrected chi connectivity index (χ1v) is 8.91. The number of nitrogens with one attached hydrogen (secondary N) is 1. The Balaban J connectivity index is 1.68. The van der Waals surface area contributed by atoms with Crippen molar-refractivity contribution >= 4 is 11.7 Å². The normalized spacial score (nSPS) is 15.7. The number of benzene rings is 2. The van der Waals surface area contributed by atoms with Crippen molar-refractivity contribution in [2.75, 3.05) is 13.1 Å². The fraction of sp³-hybridized carbons (Fsp3) is 0.300. The highest BCUT2D eigenvalue weighted by Crippen LogP contribution is 2.21. The van der Waals surface area contributed by atoms with E-state index in [9.17, 15) is 18.0 Å². The SMILES string of the molecule is CCNC(=O)N(Cc1cccc(F)c1)C[C@H]1CC(c2ccc(F)cc2F)=NO1. The van der Waals surface area contributed by atoms with Crippen LogP contribution in [0.25, 0.3) is 0 Å². The van der Waals surface area contributed by atoms with E-state index in [2.05, 4.69) is 10.5 Å². The second kappa shape index (κ2) is 8.77. The number of oxime groups is 1. The molecule has 0 unspecified atom stereocenters. The summed E-state index contributed by atoms with van der Waals surface area (Å²) in [7, 11) is 0. The van der Waals surface area contributed by atoms with Crippen molar-refractivity contribution in [2.24, 2.45) is 5.16 Å². The Labute approximate surface area is 160 Å². The Morgan fingerprint density at radius 3 is 2.71 bits per heavy atom. The van der Waals surface area contributed by atoms with E-state index in [0.717, 1.165) is 12.1 Å². The summed E-state index contributed by atoms with van der Waals surface area (Å²) in [5.41, 5.74) is 1.15. The molecular formula is C20H20F3N3O2. The lowest BCUT2D eigenvalue weighted by Crippen LogP contribution is -2.43. The fourth-order valence-corrected chi connectivity index (χ4v) is 2.99. The van der Waals surface area contributed by atoms with Gasteiger partial charge in [0.1, 0.15) is 17.5 Å². The van der Waals surface area contributed by atoms with Crippen LogP contribution < -0.4 is 5.32 Å². The molecule has 2 amide bonds.